The van der Waals surface area contributed by atoms with Crippen molar-refractivity contribution in [3.05, 3.63) is 425 Å². The Bertz CT molecular complexity index is 7890. The Morgan fingerprint density at radius 1 is 0.123 bits per heavy atom. The quantitative estimate of drug-likeness (QED) is 0.131. The lowest BCUT2D eigenvalue weighted by atomic mass is 9.95. The molecule has 0 radical (unpaired) electrons. The van der Waals surface area contributed by atoms with Crippen molar-refractivity contribution in [2.45, 2.75) is 0 Å². The normalized spacial score (nSPS) is 11.9. The van der Waals surface area contributed by atoms with Crippen molar-refractivity contribution in [1.82, 2.24) is 27.4 Å². The SMILES string of the molecule is c1ccc(-n2c3ccccc3c3cc(-c4ccc(-c5cc6c7ccccc7n(-c7ccccc7)c6c6c7ccccc7n(-c7ccccc7)c56)cc4)ccc32)cc1.c1ccc(-n2c3ccccc3c3ccc(-c4ccc(-c5cc6c7ccccc7n(-c7ccccc7)c6c6c7ccccc7n(-c7ccccc7)c56)cc4)cc32)cc1. The summed E-state index contributed by atoms with van der Waals surface area (Å²) in [6.07, 6.45) is 0. The average Bonchev–Trinajstić information content (AvgIpc) is 1.54. The molecular formula is C108H70N6. The third-order valence-electron chi connectivity index (χ3n) is 23.6. The molecule has 0 N–H and O–H groups in total. The fraction of sp³-hybridized carbons (Fsp3) is 0. The molecule has 18 aromatic carbocycles. The van der Waals surface area contributed by atoms with Gasteiger partial charge >= 0.3 is 0 Å². The summed E-state index contributed by atoms with van der Waals surface area (Å²) in [4.78, 5) is 0. The van der Waals surface area contributed by atoms with Crippen LogP contribution in [0.1, 0.15) is 0 Å². The van der Waals surface area contributed by atoms with Gasteiger partial charge in [0.25, 0.3) is 0 Å². The fourth-order valence-electron chi connectivity index (χ4n) is 18.7. The Hall–Kier alpha value is -15.2. The van der Waals surface area contributed by atoms with Gasteiger partial charge in [0.2, 0.25) is 0 Å². The molecule has 0 atom stereocenters. The molecule has 24 aromatic rings. The molecule has 0 saturated carbocycles. The van der Waals surface area contributed by atoms with Crippen molar-refractivity contribution in [2.75, 3.05) is 0 Å². The molecule has 114 heavy (non-hydrogen) atoms. The lowest BCUT2D eigenvalue weighted by Gasteiger charge is -2.14. The number of benzene rings is 18. The number of para-hydroxylation sites is 12. The molecular weight excluding hydrogens is 1380 g/mol. The maximum atomic E-state index is 2.47. The van der Waals surface area contributed by atoms with E-state index in [-0.39, 0.29) is 0 Å². The van der Waals surface area contributed by atoms with Gasteiger partial charge in [0.05, 0.1) is 66.2 Å². The number of fused-ring (bicyclic) bond motifs is 20. The van der Waals surface area contributed by atoms with E-state index >= 15 is 0 Å². The van der Waals surface area contributed by atoms with Crippen molar-refractivity contribution in [1.29, 1.82) is 0 Å². The monoisotopic (exact) mass is 1450 g/mol. The maximum absolute atomic E-state index is 2.47. The van der Waals surface area contributed by atoms with Crippen molar-refractivity contribution in [3.8, 4) is 78.6 Å². The van der Waals surface area contributed by atoms with Crippen LogP contribution in [-0.2, 0) is 0 Å². The van der Waals surface area contributed by atoms with Gasteiger partial charge in [-0.3, -0.25) is 0 Å². The van der Waals surface area contributed by atoms with Crippen LogP contribution in [0.2, 0.25) is 0 Å². The topological polar surface area (TPSA) is 29.6 Å². The van der Waals surface area contributed by atoms with Gasteiger partial charge in [-0.2, -0.15) is 0 Å². The zero-order valence-electron chi connectivity index (χ0n) is 62.1. The molecule has 0 unspecified atom stereocenters. The van der Waals surface area contributed by atoms with Crippen LogP contribution in [0.3, 0.4) is 0 Å². The summed E-state index contributed by atoms with van der Waals surface area (Å²) < 4.78 is 14.6. The number of nitrogens with zero attached hydrogens (tertiary/aromatic N) is 6. The first-order chi connectivity index (χ1) is 56.6. The van der Waals surface area contributed by atoms with Crippen LogP contribution < -0.4 is 0 Å². The predicted molar refractivity (Wildman–Crippen MR) is 481 cm³/mol. The van der Waals surface area contributed by atoms with Gasteiger partial charge in [-0.15, -0.1) is 0 Å². The molecule has 6 heterocycles. The van der Waals surface area contributed by atoms with Crippen LogP contribution in [-0.4, -0.2) is 27.4 Å². The second-order valence-corrected chi connectivity index (χ2v) is 29.8. The van der Waals surface area contributed by atoms with E-state index in [2.05, 4.69) is 452 Å². The summed E-state index contributed by atoms with van der Waals surface area (Å²) in [6.45, 7) is 0. The maximum Gasteiger partial charge on any atom is 0.0641 e. The summed E-state index contributed by atoms with van der Waals surface area (Å²) in [6, 6.07) is 155. The first-order valence-corrected chi connectivity index (χ1v) is 39.2. The van der Waals surface area contributed by atoms with E-state index in [4.69, 9.17) is 0 Å². The molecule has 0 bridgehead atoms. The van der Waals surface area contributed by atoms with Gasteiger partial charge in [0.15, 0.2) is 0 Å². The Labute approximate surface area is 657 Å². The van der Waals surface area contributed by atoms with E-state index < -0.39 is 0 Å². The molecule has 532 valence electrons. The zero-order chi connectivity index (χ0) is 74.9. The Morgan fingerprint density at radius 2 is 0.360 bits per heavy atom. The van der Waals surface area contributed by atoms with Crippen LogP contribution in [0.25, 0.3) is 209 Å². The van der Waals surface area contributed by atoms with Gasteiger partial charge in [0.1, 0.15) is 0 Å². The van der Waals surface area contributed by atoms with Crippen LogP contribution in [0.4, 0.5) is 0 Å². The third kappa shape index (κ3) is 10.1. The van der Waals surface area contributed by atoms with E-state index in [9.17, 15) is 0 Å². The van der Waals surface area contributed by atoms with Crippen molar-refractivity contribution >= 4 is 131 Å². The van der Waals surface area contributed by atoms with Crippen molar-refractivity contribution in [2.24, 2.45) is 0 Å². The third-order valence-corrected chi connectivity index (χ3v) is 23.6. The zero-order valence-corrected chi connectivity index (χ0v) is 62.1. The molecule has 24 rings (SSSR count). The highest BCUT2D eigenvalue weighted by atomic mass is 15.0. The standard InChI is InChI=1S/2C54H35N3/c1-4-16-39(17-5-1)55-48-25-13-10-22-42(48)44-33-32-38(34-51(44)55)36-28-30-37(31-29-36)46-35-47-43-23-11-14-26-49(43)56(40-18-6-2-7-19-40)54(47)52-45-24-12-15-27-50(45)57(53(46)52)41-20-8-3-9-21-41;1-4-16-39(17-5-1)55-48-25-13-10-22-42(48)46-34-38(32-33-51(46)55)36-28-30-37(31-29-36)45-35-47-43-23-11-14-26-49(43)56(40-18-6-2-7-19-40)54(47)52-44-24-12-15-27-50(44)57(53(45)52)41-20-8-3-9-21-41/h2*1-35H. The number of aromatic nitrogens is 6. The lowest BCUT2D eigenvalue weighted by molar-refractivity contribution is 1.17. The van der Waals surface area contributed by atoms with Crippen LogP contribution >= 0.6 is 0 Å². The summed E-state index contributed by atoms with van der Waals surface area (Å²) in [7, 11) is 0. The second kappa shape index (κ2) is 26.2. The molecule has 6 nitrogen and oxygen atoms in total. The van der Waals surface area contributed by atoms with E-state index in [0.717, 1.165) is 28.4 Å². The first-order valence-electron chi connectivity index (χ1n) is 39.2. The molecule has 0 aliphatic carbocycles. The van der Waals surface area contributed by atoms with Gasteiger partial charge in [-0.1, -0.05) is 285 Å². The molecule has 0 fully saturated rings. The van der Waals surface area contributed by atoms with Crippen LogP contribution in [0, 0.1) is 0 Å². The Morgan fingerprint density at radius 3 is 0.737 bits per heavy atom. The van der Waals surface area contributed by atoms with Crippen molar-refractivity contribution < 1.29 is 0 Å². The first kappa shape index (κ1) is 64.7. The van der Waals surface area contributed by atoms with Gasteiger partial charge < -0.3 is 27.4 Å². The van der Waals surface area contributed by atoms with Gasteiger partial charge in [-0.05, 0) is 173 Å². The molecule has 0 aliphatic heterocycles. The smallest absolute Gasteiger partial charge is 0.0641 e. The largest absolute Gasteiger partial charge is 0.309 e. The molecule has 0 aliphatic rings. The Kier molecular flexibility index (Phi) is 14.9. The fourth-order valence-corrected chi connectivity index (χ4v) is 18.7. The van der Waals surface area contributed by atoms with Gasteiger partial charge in [0, 0.05) is 110 Å². The number of rotatable bonds is 10. The summed E-state index contributed by atoms with van der Waals surface area (Å²) >= 11 is 0. The van der Waals surface area contributed by atoms with E-state index in [1.165, 1.54) is 181 Å². The lowest BCUT2D eigenvalue weighted by Crippen LogP contribution is -1.97. The van der Waals surface area contributed by atoms with E-state index in [1.54, 1.807) is 0 Å². The molecule has 6 heteroatoms. The summed E-state index contributed by atoms with van der Waals surface area (Å²) in [5, 5.41) is 15.0. The number of hydrogen-bond donors (Lipinski definition) is 0. The minimum absolute atomic E-state index is 1.14. The molecule has 0 amide bonds. The number of hydrogen-bond acceptors (Lipinski definition) is 0. The Balaban J connectivity index is 0.000000135. The molecule has 6 aromatic heterocycles. The highest BCUT2D eigenvalue weighted by molar-refractivity contribution is 6.31. The second-order valence-electron chi connectivity index (χ2n) is 29.8. The highest BCUT2D eigenvalue weighted by Gasteiger charge is 2.28. The van der Waals surface area contributed by atoms with Crippen molar-refractivity contribution in [3.63, 3.8) is 0 Å². The van der Waals surface area contributed by atoms with E-state index in [0.29, 0.717) is 0 Å². The average molecular weight is 1450 g/mol. The molecule has 0 spiro atoms. The predicted octanol–water partition coefficient (Wildman–Crippen LogP) is 28.6. The summed E-state index contributed by atoms with van der Waals surface area (Å²) in [5.41, 5.74) is 31.0. The van der Waals surface area contributed by atoms with Crippen LogP contribution in [0.15, 0.2) is 425 Å². The minimum atomic E-state index is 1.14. The molecule has 0 saturated heterocycles. The summed E-state index contributed by atoms with van der Waals surface area (Å²) in [5.74, 6) is 0. The highest BCUT2D eigenvalue weighted by Crippen LogP contribution is 2.50. The minimum Gasteiger partial charge on any atom is -0.309 e. The van der Waals surface area contributed by atoms with Gasteiger partial charge in [-0.25, -0.2) is 0 Å². The van der Waals surface area contributed by atoms with Crippen LogP contribution in [0.5, 0.6) is 0 Å². The van der Waals surface area contributed by atoms with E-state index in [1.807, 2.05) is 0 Å².